The van der Waals surface area contributed by atoms with E-state index in [1.807, 2.05) is 24.3 Å². The van der Waals surface area contributed by atoms with Gasteiger partial charge in [0.15, 0.2) is 9.84 Å². The van der Waals surface area contributed by atoms with E-state index < -0.39 is 20.5 Å². The molecule has 0 heterocycles. The van der Waals surface area contributed by atoms with Gasteiger partial charge in [-0.15, -0.1) is 0 Å². The zero-order valence-electron chi connectivity index (χ0n) is 10.6. The van der Waals surface area contributed by atoms with E-state index >= 15 is 0 Å². The molecule has 1 aromatic rings. The van der Waals surface area contributed by atoms with Gasteiger partial charge in [0.1, 0.15) is 0 Å². The van der Waals surface area contributed by atoms with Crippen molar-refractivity contribution in [1.82, 2.24) is 0 Å². The Morgan fingerprint density at radius 2 is 1.74 bits per heavy atom. The van der Waals surface area contributed by atoms with Crippen molar-refractivity contribution in [2.45, 2.75) is 18.1 Å². The molecule has 1 aromatic carbocycles. The van der Waals surface area contributed by atoms with Crippen molar-refractivity contribution >= 4 is 25.8 Å². The second kappa shape index (κ2) is 5.16. The normalized spacial score (nSPS) is 25.3. The van der Waals surface area contributed by atoms with Gasteiger partial charge < -0.3 is 10.2 Å². The SMILES string of the molecule is CCS(=O)(=O)[C@@H]1[C@@H](c2ccc(Br)cc2)C1(CO)CO. The van der Waals surface area contributed by atoms with Gasteiger partial charge in [-0.1, -0.05) is 35.0 Å². The standard InChI is InChI=1S/C13H17BrO4S/c1-2-19(17,18)12-11(13(12,7-15)8-16)9-3-5-10(14)6-4-9/h3-6,11-12,15-16H,2,7-8H2,1H3/t11-,12-/m1/s1. The summed E-state index contributed by atoms with van der Waals surface area (Å²) in [7, 11) is -3.30. The molecule has 0 bridgehead atoms. The third kappa shape index (κ3) is 2.35. The van der Waals surface area contributed by atoms with Gasteiger partial charge in [0.2, 0.25) is 0 Å². The molecule has 1 fully saturated rings. The molecule has 0 aliphatic heterocycles. The van der Waals surface area contributed by atoms with Crippen molar-refractivity contribution in [2.75, 3.05) is 19.0 Å². The number of aliphatic hydroxyl groups is 2. The summed E-state index contributed by atoms with van der Waals surface area (Å²) in [5.41, 5.74) is -0.101. The van der Waals surface area contributed by atoms with Gasteiger partial charge >= 0.3 is 0 Å². The smallest absolute Gasteiger partial charge is 0.154 e. The van der Waals surface area contributed by atoms with Gasteiger partial charge in [-0.05, 0) is 17.7 Å². The number of sulfone groups is 1. The van der Waals surface area contributed by atoms with Gasteiger partial charge in [-0.2, -0.15) is 0 Å². The summed E-state index contributed by atoms with van der Waals surface area (Å²) in [5.74, 6) is -0.313. The Kier molecular flexibility index (Phi) is 4.07. The Morgan fingerprint density at radius 3 is 2.16 bits per heavy atom. The van der Waals surface area contributed by atoms with Crippen LogP contribution in [-0.2, 0) is 9.84 Å². The number of halogens is 1. The Balaban J connectivity index is 2.42. The Labute approximate surface area is 121 Å². The number of hydrogen-bond donors (Lipinski definition) is 2. The maximum Gasteiger partial charge on any atom is 0.154 e. The average Bonchev–Trinajstić information content (AvgIpc) is 3.10. The van der Waals surface area contributed by atoms with Crippen molar-refractivity contribution in [3.05, 3.63) is 34.3 Å². The van der Waals surface area contributed by atoms with Crippen LogP contribution in [0.1, 0.15) is 18.4 Å². The molecule has 1 aliphatic carbocycles. The maximum atomic E-state index is 12.1. The van der Waals surface area contributed by atoms with Crippen molar-refractivity contribution < 1.29 is 18.6 Å². The fourth-order valence-electron chi connectivity index (χ4n) is 2.80. The first-order valence-electron chi connectivity index (χ1n) is 6.11. The molecule has 2 atom stereocenters. The minimum absolute atomic E-state index is 0.0203. The van der Waals surface area contributed by atoms with Crippen LogP contribution in [0.3, 0.4) is 0 Å². The summed E-state index contributed by atoms with van der Waals surface area (Å²) >= 11 is 3.33. The zero-order valence-corrected chi connectivity index (χ0v) is 13.0. The predicted molar refractivity (Wildman–Crippen MR) is 76.7 cm³/mol. The molecule has 4 nitrogen and oxygen atoms in total. The van der Waals surface area contributed by atoms with Crippen molar-refractivity contribution in [2.24, 2.45) is 5.41 Å². The van der Waals surface area contributed by atoms with E-state index in [-0.39, 0.29) is 24.9 Å². The van der Waals surface area contributed by atoms with Crippen molar-refractivity contribution in [3.63, 3.8) is 0 Å². The number of aliphatic hydroxyl groups excluding tert-OH is 2. The van der Waals surface area contributed by atoms with Crippen LogP contribution < -0.4 is 0 Å². The topological polar surface area (TPSA) is 74.6 Å². The van der Waals surface area contributed by atoms with E-state index in [4.69, 9.17) is 0 Å². The monoisotopic (exact) mass is 348 g/mol. The maximum absolute atomic E-state index is 12.1. The molecule has 1 saturated carbocycles. The molecule has 106 valence electrons. The summed E-state index contributed by atoms with van der Waals surface area (Å²) in [5, 5.41) is 18.4. The van der Waals surface area contributed by atoms with Crippen LogP contribution in [-0.4, -0.2) is 42.8 Å². The lowest BCUT2D eigenvalue weighted by Gasteiger charge is -2.10. The molecular weight excluding hydrogens is 332 g/mol. The lowest BCUT2D eigenvalue weighted by molar-refractivity contribution is 0.130. The minimum atomic E-state index is -3.30. The highest BCUT2D eigenvalue weighted by atomic mass is 79.9. The Morgan fingerprint density at radius 1 is 1.21 bits per heavy atom. The first kappa shape index (κ1) is 15.0. The summed E-state index contributed by atoms with van der Waals surface area (Å²) in [6.07, 6.45) is 0. The highest BCUT2D eigenvalue weighted by molar-refractivity contribution is 9.10. The lowest BCUT2D eigenvalue weighted by atomic mass is 10.0. The summed E-state index contributed by atoms with van der Waals surface area (Å²) < 4.78 is 25.1. The van der Waals surface area contributed by atoms with Gasteiger partial charge in [-0.25, -0.2) is 8.42 Å². The van der Waals surface area contributed by atoms with Crippen LogP contribution in [0.4, 0.5) is 0 Å². The van der Waals surface area contributed by atoms with Gasteiger partial charge in [0.25, 0.3) is 0 Å². The van der Waals surface area contributed by atoms with Crippen LogP contribution >= 0.6 is 15.9 Å². The summed E-state index contributed by atoms with van der Waals surface area (Å²) in [6.45, 7) is 0.939. The Bertz CT molecular complexity index is 549. The van der Waals surface area contributed by atoms with Crippen LogP contribution in [0.25, 0.3) is 0 Å². The zero-order chi connectivity index (χ0) is 14.3. The van der Waals surface area contributed by atoms with Crippen LogP contribution in [0.5, 0.6) is 0 Å². The van der Waals surface area contributed by atoms with Crippen LogP contribution in [0, 0.1) is 5.41 Å². The summed E-state index contributed by atoms with van der Waals surface area (Å²) in [6, 6.07) is 7.34. The highest BCUT2D eigenvalue weighted by Crippen LogP contribution is 2.62. The molecule has 6 heteroatoms. The average molecular weight is 349 g/mol. The molecule has 2 rings (SSSR count). The van der Waals surface area contributed by atoms with E-state index in [2.05, 4.69) is 15.9 Å². The molecule has 0 saturated heterocycles. The third-order valence-electron chi connectivity index (χ3n) is 3.99. The first-order chi connectivity index (χ1) is 8.93. The fourth-order valence-corrected chi connectivity index (χ4v) is 5.20. The van der Waals surface area contributed by atoms with Gasteiger partial charge in [0.05, 0.1) is 18.5 Å². The lowest BCUT2D eigenvalue weighted by Crippen LogP contribution is -2.23. The second-order valence-electron chi connectivity index (χ2n) is 4.95. The molecule has 0 aromatic heterocycles. The molecule has 0 spiro atoms. The first-order valence-corrected chi connectivity index (χ1v) is 8.62. The molecule has 0 amide bonds. The minimum Gasteiger partial charge on any atom is -0.396 e. The number of rotatable bonds is 5. The number of benzene rings is 1. The molecule has 19 heavy (non-hydrogen) atoms. The van der Waals surface area contributed by atoms with Gasteiger partial charge in [0, 0.05) is 21.6 Å². The van der Waals surface area contributed by atoms with Crippen LogP contribution in [0.2, 0.25) is 0 Å². The molecule has 1 aliphatic rings. The largest absolute Gasteiger partial charge is 0.396 e. The Hall–Kier alpha value is -0.430. The van der Waals surface area contributed by atoms with E-state index in [9.17, 15) is 18.6 Å². The van der Waals surface area contributed by atoms with Crippen molar-refractivity contribution in [1.29, 1.82) is 0 Å². The fraction of sp³-hybridized carbons (Fsp3) is 0.538. The van der Waals surface area contributed by atoms with Crippen molar-refractivity contribution in [3.8, 4) is 0 Å². The van der Waals surface area contributed by atoms with E-state index in [1.165, 1.54) is 0 Å². The van der Waals surface area contributed by atoms with Gasteiger partial charge in [-0.3, -0.25) is 0 Å². The number of hydrogen-bond acceptors (Lipinski definition) is 4. The predicted octanol–water partition coefficient (Wildman–Crippen LogP) is 1.32. The highest BCUT2D eigenvalue weighted by Gasteiger charge is 2.69. The van der Waals surface area contributed by atoms with E-state index in [0.29, 0.717) is 0 Å². The second-order valence-corrected chi connectivity index (χ2v) is 8.28. The molecular formula is C13H17BrO4S. The van der Waals surface area contributed by atoms with E-state index in [0.717, 1.165) is 10.0 Å². The third-order valence-corrected chi connectivity index (χ3v) is 6.84. The molecule has 0 radical (unpaired) electrons. The molecule has 2 N–H and O–H groups in total. The van der Waals surface area contributed by atoms with E-state index in [1.54, 1.807) is 6.92 Å². The summed E-state index contributed by atoms with van der Waals surface area (Å²) in [4.78, 5) is 0. The van der Waals surface area contributed by atoms with Crippen LogP contribution in [0.15, 0.2) is 28.7 Å². The molecule has 0 unspecified atom stereocenters. The quantitative estimate of drug-likeness (QED) is 0.841.